The average Bonchev–Trinajstić information content (AvgIpc) is 3.18. The topological polar surface area (TPSA) is 259 Å². The fourth-order valence-electron chi connectivity index (χ4n) is 2.90. The van der Waals surface area contributed by atoms with Crippen LogP contribution in [0.25, 0.3) is 11.2 Å². The van der Waals surface area contributed by atoms with E-state index in [4.69, 9.17) is 25.2 Å². The summed E-state index contributed by atoms with van der Waals surface area (Å²) in [6.45, 7) is -2.10. The summed E-state index contributed by atoms with van der Waals surface area (Å²) in [5.41, 5.74) is 6.01. The van der Waals surface area contributed by atoms with Crippen LogP contribution >= 0.6 is 23.5 Å². The van der Waals surface area contributed by atoms with Gasteiger partial charge in [0.1, 0.15) is 17.9 Å². The molecule has 0 aromatic carbocycles. The second-order valence-corrected chi connectivity index (χ2v) is 10.8. The van der Waals surface area contributed by atoms with Crippen LogP contribution in [0.5, 0.6) is 0 Å². The Morgan fingerprint density at radius 2 is 1.81 bits per heavy atom. The summed E-state index contributed by atoms with van der Waals surface area (Å²) in [4.78, 5) is 47.4. The average molecular weight is 523 g/mol. The van der Waals surface area contributed by atoms with Gasteiger partial charge >= 0.3 is 23.5 Å². The van der Waals surface area contributed by atoms with E-state index in [1.807, 2.05) is 0 Å². The van der Waals surface area contributed by atoms with Crippen molar-refractivity contribution in [1.29, 1.82) is 0 Å². The molecular weight excluding hydrogens is 506 g/mol. The molecule has 2 aromatic rings. The van der Waals surface area contributed by atoms with Gasteiger partial charge in [-0.2, -0.15) is 8.62 Å². The minimum Gasteiger partial charge on any atom is -0.388 e. The van der Waals surface area contributed by atoms with Crippen molar-refractivity contribution in [3.05, 3.63) is 12.7 Å². The van der Waals surface area contributed by atoms with Crippen molar-refractivity contribution in [2.45, 2.75) is 18.4 Å². The molecule has 6 unspecified atom stereocenters. The van der Waals surface area contributed by atoms with E-state index in [1.165, 1.54) is 10.9 Å². The molecule has 0 saturated carbocycles. The number of fused-ring (bicyclic) bond motifs is 1. The van der Waals surface area contributed by atoms with Crippen molar-refractivity contribution in [3.63, 3.8) is 0 Å². The smallest absolute Gasteiger partial charge is 0.388 e. The lowest BCUT2D eigenvalue weighted by Crippen LogP contribution is -2.30. The number of ether oxygens (including phenoxy) is 1. The molecule has 180 valence electrons. The highest BCUT2D eigenvalue weighted by atomic mass is 31.3. The van der Waals surface area contributed by atoms with E-state index in [-0.39, 0.29) is 17.0 Å². The van der Waals surface area contributed by atoms with Crippen LogP contribution < -0.4 is 5.73 Å². The molecule has 3 rings (SSSR count). The number of phosphoric acid groups is 3. The Hall–Kier alpha value is -1.39. The number of aliphatic hydroxyl groups excluding tert-OH is 1. The number of phosphoric ester groups is 1. The van der Waals surface area contributed by atoms with Gasteiger partial charge in [-0.25, -0.2) is 28.6 Å². The number of nitrogens with zero attached hydrogens (tertiary/aromatic N) is 4. The molecule has 1 fully saturated rings. The Kier molecular flexibility index (Phi) is 7.18. The van der Waals surface area contributed by atoms with Crippen LogP contribution in [0.2, 0.25) is 0 Å². The molecule has 1 saturated heterocycles. The van der Waals surface area contributed by atoms with Gasteiger partial charge in [0, 0.05) is 5.92 Å². The second-order valence-electron chi connectivity index (χ2n) is 6.34. The Labute approximate surface area is 177 Å². The first-order chi connectivity index (χ1) is 14.7. The Morgan fingerprint density at radius 1 is 1.12 bits per heavy atom. The monoisotopic (exact) mass is 523 g/mol. The van der Waals surface area contributed by atoms with Crippen LogP contribution in [0.4, 0.5) is 10.2 Å². The van der Waals surface area contributed by atoms with E-state index in [2.05, 4.69) is 28.1 Å². The molecule has 1 aliphatic heterocycles. The van der Waals surface area contributed by atoms with Gasteiger partial charge in [0.15, 0.2) is 17.7 Å². The van der Waals surface area contributed by atoms with Crippen molar-refractivity contribution in [1.82, 2.24) is 19.5 Å². The fraction of sp³-hybridized carbons (Fsp3) is 0.545. The largest absolute Gasteiger partial charge is 0.490 e. The van der Waals surface area contributed by atoms with Crippen LogP contribution in [0.15, 0.2) is 12.7 Å². The van der Waals surface area contributed by atoms with E-state index in [0.29, 0.717) is 0 Å². The van der Waals surface area contributed by atoms with Crippen LogP contribution in [0.3, 0.4) is 0 Å². The molecule has 0 aliphatic carbocycles. The van der Waals surface area contributed by atoms with Crippen LogP contribution in [0.1, 0.15) is 6.23 Å². The van der Waals surface area contributed by atoms with Crippen LogP contribution in [0, 0.1) is 5.92 Å². The Bertz CT molecular complexity index is 1130. The summed E-state index contributed by atoms with van der Waals surface area (Å²) < 4.78 is 65.8. The number of nitrogen functional groups attached to an aromatic ring is 1. The lowest BCUT2D eigenvalue weighted by Gasteiger charge is -2.19. The fourth-order valence-corrected chi connectivity index (χ4v) is 5.93. The van der Waals surface area contributed by atoms with Gasteiger partial charge in [0.05, 0.1) is 25.7 Å². The highest BCUT2D eigenvalue weighted by Crippen LogP contribution is 2.66. The van der Waals surface area contributed by atoms with E-state index < -0.39 is 61.1 Å². The quantitative estimate of drug-likeness (QED) is 0.228. The SMILES string of the molecule is Nc1ncnc2c1ncn2C1OC(COP(=O)(O)OP(=O)(O)OP(=O)(O)O)C(CF)C1O. The number of halogens is 1. The highest BCUT2D eigenvalue weighted by molar-refractivity contribution is 7.66. The van der Waals surface area contributed by atoms with Crippen LogP contribution in [-0.2, 0) is 31.6 Å². The number of alkyl halides is 1. The number of nitrogens with two attached hydrogens (primary N) is 1. The summed E-state index contributed by atoms with van der Waals surface area (Å²) in [7, 11) is -16.7. The Morgan fingerprint density at radius 3 is 2.44 bits per heavy atom. The first-order valence-corrected chi connectivity index (χ1v) is 12.9. The minimum atomic E-state index is -5.72. The van der Waals surface area contributed by atoms with Gasteiger partial charge in [0.25, 0.3) is 0 Å². The number of aromatic nitrogens is 4. The van der Waals surface area contributed by atoms with E-state index in [0.717, 1.165) is 6.33 Å². The van der Waals surface area contributed by atoms with E-state index >= 15 is 0 Å². The lowest BCUT2D eigenvalue weighted by atomic mass is 10.00. The van der Waals surface area contributed by atoms with Crippen molar-refractivity contribution in [3.8, 4) is 0 Å². The van der Waals surface area contributed by atoms with Crippen molar-refractivity contribution >= 4 is 40.4 Å². The molecule has 21 heteroatoms. The normalized spacial score (nSPS) is 27.9. The summed E-state index contributed by atoms with van der Waals surface area (Å²) in [5, 5.41) is 10.5. The molecular formula is C11H17FN5O12P3. The number of rotatable bonds is 9. The highest BCUT2D eigenvalue weighted by Gasteiger charge is 2.47. The van der Waals surface area contributed by atoms with Gasteiger partial charge in [-0.1, -0.05) is 0 Å². The standard InChI is InChI=1S/C11H17FN5O12P3/c12-1-5-6(2-26-31(22,23)29-32(24,25)28-30(19,20)21)27-11(8(5)18)17-4-16-7-9(13)14-3-15-10(7)17/h3-6,8,11,18H,1-2H2,(H,22,23)(H,24,25)(H2,13,14,15)(H2,19,20,21). The van der Waals surface area contributed by atoms with Gasteiger partial charge < -0.3 is 35.2 Å². The molecule has 7 N–H and O–H groups in total. The zero-order valence-electron chi connectivity index (χ0n) is 15.6. The van der Waals surface area contributed by atoms with Crippen molar-refractivity contribution in [2.24, 2.45) is 5.92 Å². The summed E-state index contributed by atoms with van der Waals surface area (Å²) in [6.07, 6.45) is -1.84. The number of hydrogen-bond donors (Lipinski definition) is 6. The number of imidazole rings is 1. The molecule has 3 heterocycles. The third kappa shape index (κ3) is 5.75. The van der Waals surface area contributed by atoms with E-state index in [1.54, 1.807) is 0 Å². The van der Waals surface area contributed by atoms with Crippen molar-refractivity contribution < 1.29 is 60.6 Å². The zero-order chi connectivity index (χ0) is 23.9. The molecule has 2 aromatic heterocycles. The molecule has 0 amide bonds. The number of aliphatic hydroxyl groups is 1. The van der Waals surface area contributed by atoms with E-state index in [9.17, 15) is 28.1 Å². The first-order valence-electron chi connectivity index (χ1n) is 8.34. The van der Waals surface area contributed by atoms with Crippen LogP contribution in [-0.4, -0.2) is 69.7 Å². The molecule has 32 heavy (non-hydrogen) atoms. The maximum atomic E-state index is 13.5. The maximum absolute atomic E-state index is 13.5. The Balaban J connectivity index is 1.73. The zero-order valence-corrected chi connectivity index (χ0v) is 18.2. The molecule has 6 atom stereocenters. The molecule has 17 nitrogen and oxygen atoms in total. The summed E-state index contributed by atoms with van der Waals surface area (Å²) in [6, 6.07) is 0. The van der Waals surface area contributed by atoms with Gasteiger partial charge in [-0.3, -0.25) is 13.5 Å². The third-order valence-electron chi connectivity index (χ3n) is 4.18. The van der Waals surface area contributed by atoms with Gasteiger partial charge in [0.2, 0.25) is 0 Å². The molecule has 0 radical (unpaired) electrons. The maximum Gasteiger partial charge on any atom is 0.490 e. The summed E-state index contributed by atoms with van der Waals surface area (Å²) in [5.74, 6) is -1.25. The van der Waals surface area contributed by atoms with Crippen molar-refractivity contribution in [2.75, 3.05) is 19.0 Å². The van der Waals surface area contributed by atoms with Gasteiger partial charge in [-0.05, 0) is 0 Å². The first kappa shape index (κ1) is 25.2. The number of hydrogen-bond acceptors (Lipinski definition) is 12. The second kappa shape index (κ2) is 9.10. The molecule has 0 spiro atoms. The predicted molar refractivity (Wildman–Crippen MR) is 98.9 cm³/mol. The molecule has 1 aliphatic rings. The summed E-state index contributed by atoms with van der Waals surface area (Å²) >= 11 is 0. The predicted octanol–water partition coefficient (Wildman–Crippen LogP) is -0.404. The minimum absolute atomic E-state index is 0.0347. The third-order valence-corrected chi connectivity index (χ3v) is 7.98. The lowest BCUT2D eigenvalue weighted by molar-refractivity contribution is -0.0487. The molecule has 0 bridgehead atoms. The van der Waals surface area contributed by atoms with Gasteiger partial charge in [-0.15, -0.1) is 0 Å². The number of anilines is 1.